The van der Waals surface area contributed by atoms with E-state index in [1.807, 2.05) is 26.1 Å². The molecule has 1 amide bonds. The first-order chi connectivity index (χ1) is 11.1. The first-order valence-electron chi connectivity index (χ1n) is 7.47. The molecule has 0 saturated heterocycles. The van der Waals surface area contributed by atoms with Gasteiger partial charge in [0.25, 0.3) is 0 Å². The van der Waals surface area contributed by atoms with Gasteiger partial charge in [0.1, 0.15) is 0 Å². The third-order valence-corrected chi connectivity index (χ3v) is 3.34. The average molecular weight is 312 g/mol. The number of carbonyl (C=O) groups is 1. The van der Waals surface area contributed by atoms with Crippen molar-refractivity contribution >= 4 is 11.6 Å². The molecule has 23 heavy (non-hydrogen) atoms. The predicted octanol–water partition coefficient (Wildman–Crippen LogP) is 2.71. The van der Waals surface area contributed by atoms with Gasteiger partial charge in [0.05, 0.1) is 23.9 Å². The van der Waals surface area contributed by atoms with E-state index in [0.29, 0.717) is 24.2 Å². The lowest BCUT2D eigenvalue weighted by atomic mass is 10.2. The van der Waals surface area contributed by atoms with Gasteiger partial charge in [-0.05, 0) is 51.2 Å². The van der Waals surface area contributed by atoms with Crippen LogP contribution in [0.5, 0.6) is 0 Å². The third-order valence-electron chi connectivity index (χ3n) is 3.34. The van der Waals surface area contributed by atoms with Crippen molar-refractivity contribution < 1.29 is 9.32 Å². The van der Waals surface area contributed by atoms with Crippen molar-refractivity contribution in [3.05, 3.63) is 47.3 Å². The minimum atomic E-state index is -0.0291. The van der Waals surface area contributed by atoms with Crippen LogP contribution < -0.4 is 5.32 Å². The van der Waals surface area contributed by atoms with Crippen molar-refractivity contribution in [2.24, 2.45) is 0 Å². The van der Waals surface area contributed by atoms with Crippen LogP contribution in [0.3, 0.4) is 0 Å². The molecule has 1 heterocycles. The van der Waals surface area contributed by atoms with E-state index in [1.165, 1.54) is 0 Å². The maximum atomic E-state index is 11.9. The molecule has 0 aliphatic heterocycles. The first kappa shape index (κ1) is 16.7. The van der Waals surface area contributed by atoms with Crippen LogP contribution in [0.15, 0.2) is 34.9 Å². The Morgan fingerprint density at radius 1 is 1.39 bits per heavy atom. The monoisotopic (exact) mass is 312 g/mol. The molecular formula is C17H20N4O2. The number of aryl methyl sites for hydroxylation is 1. The predicted molar refractivity (Wildman–Crippen MR) is 86.6 cm³/mol. The molecule has 1 aromatic carbocycles. The molecule has 2 aromatic rings. The number of hydrogen-bond donors (Lipinski definition) is 1. The van der Waals surface area contributed by atoms with Gasteiger partial charge in [0, 0.05) is 18.2 Å². The van der Waals surface area contributed by atoms with Crippen LogP contribution in [0.25, 0.3) is 0 Å². The molecular weight excluding hydrogens is 292 g/mol. The highest BCUT2D eigenvalue weighted by molar-refractivity contribution is 5.90. The second-order valence-corrected chi connectivity index (χ2v) is 5.51. The molecule has 6 nitrogen and oxygen atoms in total. The fraction of sp³-hybridized carbons (Fsp3) is 0.353. The maximum absolute atomic E-state index is 11.9. The van der Waals surface area contributed by atoms with Crippen molar-refractivity contribution in [2.75, 3.05) is 18.9 Å². The number of amides is 1. The second kappa shape index (κ2) is 8.11. The minimum absolute atomic E-state index is 0.0291. The van der Waals surface area contributed by atoms with Gasteiger partial charge in [-0.25, -0.2) is 0 Å². The SMILES string of the molecule is Cc1cc(CN(C)CCCC(=O)Nc2ccc(C#N)cc2)on1. The fourth-order valence-electron chi connectivity index (χ4n) is 2.20. The van der Waals surface area contributed by atoms with Crippen molar-refractivity contribution in [1.29, 1.82) is 5.26 Å². The average Bonchev–Trinajstić information content (AvgIpc) is 2.93. The molecule has 0 aliphatic carbocycles. The molecule has 0 bridgehead atoms. The van der Waals surface area contributed by atoms with Gasteiger partial charge >= 0.3 is 0 Å². The molecule has 1 N–H and O–H groups in total. The molecule has 0 atom stereocenters. The van der Waals surface area contributed by atoms with Gasteiger partial charge in [-0.3, -0.25) is 9.69 Å². The Morgan fingerprint density at radius 3 is 2.74 bits per heavy atom. The number of nitriles is 1. The van der Waals surface area contributed by atoms with Crippen LogP contribution in [-0.4, -0.2) is 29.6 Å². The second-order valence-electron chi connectivity index (χ2n) is 5.51. The van der Waals surface area contributed by atoms with E-state index in [4.69, 9.17) is 9.78 Å². The van der Waals surface area contributed by atoms with E-state index in [9.17, 15) is 4.79 Å². The van der Waals surface area contributed by atoms with E-state index in [1.54, 1.807) is 24.3 Å². The summed E-state index contributed by atoms with van der Waals surface area (Å²) in [6.45, 7) is 3.36. The molecule has 1 aromatic heterocycles. The lowest BCUT2D eigenvalue weighted by Crippen LogP contribution is -2.20. The van der Waals surface area contributed by atoms with Gasteiger partial charge in [-0.1, -0.05) is 5.16 Å². The number of aromatic nitrogens is 1. The van der Waals surface area contributed by atoms with Crippen LogP contribution in [0.2, 0.25) is 0 Å². The zero-order valence-electron chi connectivity index (χ0n) is 13.4. The normalized spacial score (nSPS) is 10.5. The topological polar surface area (TPSA) is 82.2 Å². The highest BCUT2D eigenvalue weighted by Gasteiger charge is 2.07. The fourth-order valence-corrected chi connectivity index (χ4v) is 2.20. The molecule has 0 fully saturated rings. The zero-order chi connectivity index (χ0) is 16.7. The van der Waals surface area contributed by atoms with E-state index in [-0.39, 0.29) is 5.91 Å². The molecule has 6 heteroatoms. The van der Waals surface area contributed by atoms with Crippen molar-refractivity contribution in [1.82, 2.24) is 10.1 Å². The molecule has 0 unspecified atom stereocenters. The molecule has 0 spiro atoms. The van der Waals surface area contributed by atoms with Crippen molar-refractivity contribution in [3.63, 3.8) is 0 Å². The van der Waals surface area contributed by atoms with Crippen LogP contribution in [0, 0.1) is 18.3 Å². The van der Waals surface area contributed by atoms with Crippen LogP contribution in [-0.2, 0) is 11.3 Å². The van der Waals surface area contributed by atoms with E-state index < -0.39 is 0 Å². The molecule has 0 saturated carbocycles. The Hall–Kier alpha value is -2.65. The standard InChI is InChI=1S/C17H20N4O2/c1-13-10-16(23-20-13)12-21(2)9-3-4-17(22)19-15-7-5-14(11-18)6-8-15/h5-8,10H,3-4,9,12H2,1-2H3,(H,19,22). The molecule has 2 rings (SSSR count). The van der Waals surface area contributed by atoms with Gasteiger partial charge in [-0.2, -0.15) is 5.26 Å². The number of nitrogens with one attached hydrogen (secondary N) is 1. The summed E-state index contributed by atoms with van der Waals surface area (Å²) in [5.41, 5.74) is 2.15. The maximum Gasteiger partial charge on any atom is 0.224 e. The summed E-state index contributed by atoms with van der Waals surface area (Å²) in [5.74, 6) is 0.797. The number of hydrogen-bond acceptors (Lipinski definition) is 5. The lowest BCUT2D eigenvalue weighted by Gasteiger charge is -2.14. The van der Waals surface area contributed by atoms with E-state index in [2.05, 4.69) is 15.4 Å². The quantitative estimate of drug-likeness (QED) is 0.850. The van der Waals surface area contributed by atoms with E-state index in [0.717, 1.165) is 24.4 Å². The van der Waals surface area contributed by atoms with Gasteiger partial charge in [-0.15, -0.1) is 0 Å². The zero-order valence-corrected chi connectivity index (χ0v) is 13.4. The molecule has 0 aliphatic rings. The summed E-state index contributed by atoms with van der Waals surface area (Å²) < 4.78 is 5.17. The van der Waals surface area contributed by atoms with Gasteiger partial charge in [0.2, 0.25) is 5.91 Å². The molecule has 0 radical (unpaired) electrons. The van der Waals surface area contributed by atoms with Gasteiger partial charge < -0.3 is 9.84 Å². The summed E-state index contributed by atoms with van der Waals surface area (Å²) in [5, 5.41) is 15.4. The van der Waals surface area contributed by atoms with Crippen LogP contribution >= 0.6 is 0 Å². The Morgan fingerprint density at radius 2 is 2.13 bits per heavy atom. The summed E-state index contributed by atoms with van der Waals surface area (Å²) >= 11 is 0. The summed E-state index contributed by atoms with van der Waals surface area (Å²) in [4.78, 5) is 14.0. The number of nitrogens with zero attached hydrogens (tertiary/aromatic N) is 3. The van der Waals surface area contributed by atoms with Gasteiger partial charge in [0.15, 0.2) is 5.76 Å². The minimum Gasteiger partial charge on any atom is -0.360 e. The van der Waals surface area contributed by atoms with E-state index >= 15 is 0 Å². The van der Waals surface area contributed by atoms with Crippen LogP contribution in [0.1, 0.15) is 29.9 Å². The molecule has 120 valence electrons. The first-order valence-corrected chi connectivity index (χ1v) is 7.47. The highest BCUT2D eigenvalue weighted by Crippen LogP contribution is 2.10. The third kappa shape index (κ3) is 5.57. The lowest BCUT2D eigenvalue weighted by molar-refractivity contribution is -0.116. The van der Waals surface area contributed by atoms with Crippen LogP contribution in [0.4, 0.5) is 5.69 Å². The smallest absolute Gasteiger partial charge is 0.224 e. The summed E-state index contributed by atoms with van der Waals surface area (Å²) in [6.07, 6.45) is 1.20. The number of anilines is 1. The largest absolute Gasteiger partial charge is 0.360 e. The Balaban J connectivity index is 1.68. The summed E-state index contributed by atoms with van der Waals surface area (Å²) in [7, 11) is 1.98. The Labute approximate surface area is 135 Å². The number of carbonyl (C=O) groups excluding carboxylic acids is 1. The highest BCUT2D eigenvalue weighted by atomic mass is 16.5. The Bertz CT molecular complexity index is 685. The summed E-state index contributed by atoms with van der Waals surface area (Å²) in [6, 6.07) is 10.8. The number of benzene rings is 1. The Kier molecular flexibility index (Phi) is 5.89. The van der Waals surface area contributed by atoms with Crippen molar-refractivity contribution in [3.8, 4) is 6.07 Å². The van der Waals surface area contributed by atoms with Crippen molar-refractivity contribution in [2.45, 2.75) is 26.3 Å². The number of rotatable bonds is 7.